The molecule has 1 N–H and O–H groups in total. The van der Waals surface area contributed by atoms with Crippen LogP contribution in [0.4, 0.5) is 0 Å². The Kier molecular flexibility index (Phi) is 8.11. The second kappa shape index (κ2) is 9.57. The number of nitrogens with zero attached hydrogens (tertiary/aromatic N) is 1. The van der Waals surface area contributed by atoms with E-state index in [-0.39, 0.29) is 23.9 Å². The Labute approximate surface area is 149 Å². The van der Waals surface area contributed by atoms with Crippen molar-refractivity contribution in [3.05, 3.63) is 24.3 Å². The molecular formula is C18H28N2O3S. The minimum atomic E-state index is -0.295. The van der Waals surface area contributed by atoms with Crippen molar-refractivity contribution in [3.8, 4) is 5.75 Å². The quantitative estimate of drug-likeness (QED) is 0.731. The van der Waals surface area contributed by atoms with Crippen molar-refractivity contribution in [2.75, 3.05) is 25.4 Å². The van der Waals surface area contributed by atoms with Gasteiger partial charge in [0.1, 0.15) is 5.75 Å². The lowest BCUT2D eigenvalue weighted by molar-refractivity contribution is -0.134. The van der Waals surface area contributed by atoms with Crippen molar-refractivity contribution in [2.45, 2.75) is 45.1 Å². The summed E-state index contributed by atoms with van der Waals surface area (Å²) in [6.45, 7) is 10.8. The number of carbonyl (C=O) groups is 2. The normalized spacial score (nSPS) is 11.0. The van der Waals surface area contributed by atoms with Gasteiger partial charge in [0.25, 0.3) is 0 Å². The molecule has 1 rings (SSSR count). The van der Waals surface area contributed by atoms with E-state index in [2.05, 4.69) is 5.32 Å². The molecule has 6 heteroatoms. The van der Waals surface area contributed by atoms with Crippen molar-refractivity contribution in [1.29, 1.82) is 0 Å². The lowest BCUT2D eigenvalue weighted by atomic mass is 10.1. The van der Waals surface area contributed by atoms with Gasteiger partial charge in [-0.25, -0.2) is 0 Å². The van der Waals surface area contributed by atoms with Crippen molar-refractivity contribution in [3.63, 3.8) is 0 Å². The molecule has 0 heterocycles. The molecule has 0 radical (unpaired) electrons. The number of ether oxygens (including phenoxy) is 1. The van der Waals surface area contributed by atoms with Crippen LogP contribution in [0.3, 0.4) is 0 Å². The number of rotatable bonds is 8. The van der Waals surface area contributed by atoms with Crippen molar-refractivity contribution >= 4 is 23.6 Å². The first-order valence-electron chi connectivity index (χ1n) is 8.19. The molecule has 1 aromatic rings. The summed E-state index contributed by atoms with van der Waals surface area (Å²) < 4.78 is 5.40. The molecule has 0 saturated carbocycles. The van der Waals surface area contributed by atoms with E-state index in [4.69, 9.17) is 4.74 Å². The molecule has 2 amide bonds. The van der Waals surface area contributed by atoms with Gasteiger partial charge in [-0.3, -0.25) is 9.59 Å². The maximum atomic E-state index is 12.3. The van der Waals surface area contributed by atoms with Gasteiger partial charge in [0, 0.05) is 17.0 Å². The maximum Gasteiger partial charge on any atom is 0.240 e. The predicted octanol–water partition coefficient (Wildman–Crippen LogP) is 2.94. The highest BCUT2D eigenvalue weighted by Crippen LogP contribution is 2.21. The fourth-order valence-electron chi connectivity index (χ4n) is 2.04. The van der Waals surface area contributed by atoms with Crippen LogP contribution in [-0.2, 0) is 9.59 Å². The molecule has 0 aliphatic rings. The third-order valence-corrected chi connectivity index (χ3v) is 4.08. The molecule has 24 heavy (non-hydrogen) atoms. The highest BCUT2D eigenvalue weighted by Gasteiger charge is 2.19. The molecule has 0 spiro atoms. The molecule has 0 bridgehead atoms. The summed E-state index contributed by atoms with van der Waals surface area (Å²) in [4.78, 5) is 26.9. The van der Waals surface area contributed by atoms with Gasteiger partial charge in [-0.2, -0.15) is 0 Å². The zero-order valence-electron chi connectivity index (χ0n) is 15.2. The summed E-state index contributed by atoms with van der Waals surface area (Å²) in [5.41, 5.74) is -0.295. The molecule has 0 aliphatic heterocycles. The zero-order chi connectivity index (χ0) is 18.2. The predicted molar refractivity (Wildman–Crippen MR) is 98.5 cm³/mol. The minimum absolute atomic E-state index is 0.0413. The Bertz CT molecular complexity index is 538. The molecule has 0 unspecified atom stereocenters. The van der Waals surface area contributed by atoms with Gasteiger partial charge in [-0.05, 0) is 58.9 Å². The van der Waals surface area contributed by atoms with E-state index in [1.54, 1.807) is 4.90 Å². The van der Waals surface area contributed by atoms with Crippen LogP contribution in [0.15, 0.2) is 29.2 Å². The standard InChI is InChI=1S/C18H28N2O3S/c1-6-20(12-16(21)19-18(3,4)5)17(22)13-24-15-10-8-14(9-11-15)23-7-2/h8-11H,6-7,12-13H2,1-5H3,(H,19,21). The third-order valence-electron chi connectivity index (χ3n) is 3.08. The van der Waals surface area contributed by atoms with Crippen LogP contribution in [0.1, 0.15) is 34.6 Å². The number of likely N-dealkylation sites (N-methyl/N-ethyl adjacent to an activating group) is 1. The van der Waals surface area contributed by atoms with Gasteiger partial charge in [0.15, 0.2) is 0 Å². The first-order valence-corrected chi connectivity index (χ1v) is 9.18. The number of amides is 2. The Morgan fingerprint density at radius 1 is 1.17 bits per heavy atom. The number of hydrogen-bond acceptors (Lipinski definition) is 4. The summed E-state index contributed by atoms with van der Waals surface area (Å²) in [5.74, 6) is 0.955. The summed E-state index contributed by atoms with van der Waals surface area (Å²) in [7, 11) is 0. The fraction of sp³-hybridized carbons (Fsp3) is 0.556. The van der Waals surface area contributed by atoms with Gasteiger partial charge in [0.2, 0.25) is 11.8 Å². The monoisotopic (exact) mass is 352 g/mol. The number of carbonyl (C=O) groups excluding carboxylic acids is 2. The molecule has 5 nitrogen and oxygen atoms in total. The summed E-state index contributed by atoms with van der Waals surface area (Å²) >= 11 is 1.46. The Hall–Kier alpha value is -1.69. The van der Waals surface area contributed by atoms with Crippen LogP contribution >= 0.6 is 11.8 Å². The number of nitrogens with one attached hydrogen (secondary N) is 1. The molecule has 0 saturated heterocycles. The number of thioether (sulfide) groups is 1. The molecule has 134 valence electrons. The second-order valence-electron chi connectivity index (χ2n) is 6.40. The average Bonchev–Trinajstić information content (AvgIpc) is 2.50. The van der Waals surface area contributed by atoms with Crippen LogP contribution in [0.2, 0.25) is 0 Å². The first-order chi connectivity index (χ1) is 11.2. The Balaban J connectivity index is 2.50. The first kappa shape index (κ1) is 20.4. The van der Waals surface area contributed by atoms with E-state index in [9.17, 15) is 9.59 Å². The van der Waals surface area contributed by atoms with E-state index in [1.165, 1.54) is 11.8 Å². The minimum Gasteiger partial charge on any atom is -0.494 e. The number of benzene rings is 1. The summed E-state index contributed by atoms with van der Waals surface area (Å²) in [6, 6.07) is 7.66. The van der Waals surface area contributed by atoms with Crippen molar-refractivity contribution in [2.24, 2.45) is 0 Å². The van der Waals surface area contributed by atoms with Gasteiger partial charge < -0.3 is 15.0 Å². The molecule has 0 atom stereocenters. The van der Waals surface area contributed by atoms with Crippen molar-refractivity contribution in [1.82, 2.24) is 10.2 Å². The van der Waals surface area contributed by atoms with Crippen LogP contribution in [0, 0.1) is 0 Å². The van der Waals surface area contributed by atoms with Crippen LogP contribution in [0.25, 0.3) is 0 Å². The van der Waals surface area contributed by atoms with E-state index in [1.807, 2.05) is 58.9 Å². The highest BCUT2D eigenvalue weighted by atomic mass is 32.2. The third kappa shape index (κ3) is 7.73. The van der Waals surface area contributed by atoms with E-state index in [0.717, 1.165) is 10.6 Å². The Morgan fingerprint density at radius 3 is 2.29 bits per heavy atom. The topological polar surface area (TPSA) is 58.6 Å². The van der Waals surface area contributed by atoms with Gasteiger partial charge in [-0.15, -0.1) is 11.8 Å². The summed E-state index contributed by atoms with van der Waals surface area (Å²) in [6.07, 6.45) is 0. The molecule has 0 aromatic heterocycles. The largest absolute Gasteiger partial charge is 0.494 e. The smallest absolute Gasteiger partial charge is 0.240 e. The molecular weight excluding hydrogens is 324 g/mol. The lowest BCUT2D eigenvalue weighted by Gasteiger charge is -2.25. The van der Waals surface area contributed by atoms with Crippen molar-refractivity contribution < 1.29 is 14.3 Å². The molecule has 0 fully saturated rings. The SMILES string of the molecule is CCOc1ccc(SCC(=O)N(CC)CC(=O)NC(C)(C)C)cc1. The van der Waals surface area contributed by atoms with E-state index < -0.39 is 0 Å². The van der Waals surface area contributed by atoms with Crippen LogP contribution in [-0.4, -0.2) is 47.7 Å². The van der Waals surface area contributed by atoms with Gasteiger partial charge in [0.05, 0.1) is 18.9 Å². The fourth-order valence-corrected chi connectivity index (χ4v) is 2.84. The van der Waals surface area contributed by atoms with Gasteiger partial charge in [-0.1, -0.05) is 0 Å². The lowest BCUT2D eigenvalue weighted by Crippen LogP contribution is -2.47. The van der Waals surface area contributed by atoms with Crippen LogP contribution in [0.5, 0.6) is 5.75 Å². The average molecular weight is 352 g/mol. The van der Waals surface area contributed by atoms with E-state index >= 15 is 0 Å². The van der Waals surface area contributed by atoms with Gasteiger partial charge >= 0.3 is 0 Å². The second-order valence-corrected chi connectivity index (χ2v) is 7.45. The summed E-state index contributed by atoms with van der Waals surface area (Å²) in [5, 5.41) is 2.88. The zero-order valence-corrected chi connectivity index (χ0v) is 16.0. The molecule has 0 aliphatic carbocycles. The van der Waals surface area contributed by atoms with Crippen LogP contribution < -0.4 is 10.1 Å². The number of hydrogen-bond donors (Lipinski definition) is 1. The maximum absolute atomic E-state index is 12.3. The van der Waals surface area contributed by atoms with E-state index in [0.29, 0.717) is 18.9 Å². The highest BCUT2D eigenvalue weighted by molar-refractivity contribution is 8.00. The molecule has 1 aromatic carbocycles. The Morgan fingerprint density at radius 2 is 1.79 bits per heavy atom.